The standard InChI is InChI=1S/C11H13F2N/c1-3-4-14-8(2)9-5-10(12)7-11(13)6-9/h3,5-8,14H,1,4H2,2H3. The summed E-state index contributed by atoms with van der Waals surface area (Å²) in [6, 6.07) is 3.43. The van der Waals surface area contributed by atoms with Crippen LogP contribution in [-0.4, -0.2) is 6.54 Å². The summed E-state index contributed by atoms with van der Waals surface area (Å²) < 4.78 is 25.6. The van der Waals surface area contributed by atoms with E-state index in [1.165, 1.54) is 12.1 Å². The van der Waals surface area contributed by atoms with Crippen molar-refractivity contribution in [3.8, 4) is 0 Å². The summed E-state index contributed by atoms with van der Waals surface area (Å²) in [6.45, 7) is 6.01. The second kappa shape index (κ2) is 4.86. The molecule has 1 aromatic rings. The molecule has 0 aliphatic carbocycles. The summed E-state index contributed by atoms with van der Waals surface area (Å²) in [6.07, 6.45) is 1.70. The molecule has 76 valence electrons. The van der Waals surface area contributed by atoms with E-state index >= 15 is 0 Å². The van der Waals surface area contributed by atoms with Crippen molar-refractivity contribution in [2.75, 3.05) is 6.54 Å². The summed E-state index contributed by atoms with van der Waals surface area (Å²) in [5.41, 5.74) is 0.601. The lowest BCUT2D eigenvalue weighted by Gasteiger charge is -2.12. The minimum atomic E-state index is -0.549. The van der Waals surface area contributed by atoms with Crippen molar-refractivity contribution < 1.29 is 8.78 Å². The number of nitrogens with one attached hydrogen (secondary N) is 1. The Morgan fingerprint density at radius 1 is 1.36 bits per heavy atom. The molecule has 1 aromatic carbocycles. The van der Waals surface area contributed by atoms with Gasteiger partial charge in [0.15, 0.2) is 0 Å². The minimum Gasteiger partial charge on any atom is -0.307 e. The van der Waals surface area contributed by atoms with Crippen molar-refractivity contribution in [3.63, 3.8) is 0 Å². The Hall–Kier alpha value is -1.22. The third kappa shape index (κ3) is 2.92. The highest BCUT2D eigenvalue weighted by Gasteiger charge is 2.06. The number of hydrogen-bond acceptors (Lipinski definition) is 1. The van der Waals surface area contributed by atoms with Gasteiger partial charge in [0.2, 0.25) is 0 Å². The highest BCUT2D eigenvalue weighted by atomic mass is 19.1. The molecule has 0 aromatic heterocycles. The summed E-state index contributed by atoms with van der Waals surface area (Å²) >= 11 is 0. The zero-order valence-electron chi connectivity index (χ0n) is 8.06. The molecule has 0 saturated carbocycles. The van der Waals surface area contributed by atoms with Crippen molar-refractivity contribution in [2.45, 2.75) is 13.0 Å². The molecule has 0 radical (unpaired) electrons. The van der Waals surface area contributed by atoms with Crippen LogP contribution in [0.5, 0.6) is 0 Å². The number of benzene rings is 1. The third-order valence-corrected chi connectivity index (χ3v) is 1.95. The molecule has 1 unspecified atom stereocenters. The summed E-state index contributed by atoms with van der Waals surface area (Å²) in [5, 5.41) is 3.05. The van der Waals surface area contributed by atoms with Crippen LogP contribution < -0.4 is 5.32 Å². The molecule has 14 heavy (non-hydrogen) atoms. The van der Waals surface area contributed by atoms with Gasteiger partial charge in [-0.1, -0.05) is 6.08 Å². The average molecular weight is 197 g/mol. The fraction of sp³-hybridized carbons (Fsp3) is 0.273. The van der Waals surface area contributed by atoms with E-state index in [1.807, 2.05) is 6.92 Å². The molecule has 0 heterocycles. The third-order valence-electron chi connectivity index (χ3n) is 1.95. The SMILES string of the molecule is C=CCNC(C)c1cc(F)cc(F)c1. The molecule has 0 fully saturated rings. The second-order valence-corrected chi connectivity index (χ2v) is 3.12. The fourth-order valence-electron chi connectivity index (χ4n) is 1.20. The number of rotatable bonds is 4. The first kappa shape index (κ1) is 10.9. The predicted molar refractivity (Wildman–Crippen MR) is 53.0 cm³/mol. The molecular formula is C11H13F2N. The van der Waals surface area contributed by atoms with E-state index in [9.17, 15) is 8.78 Å². The first-order chi connectivity index (χ1) is 6.63. The van der Waals surface area contributed by atoms with Gasteiger partial charge in [0.25, 0.3) is 0 Å². The van der Waals surface area contributed by atoms with Crippen molar-refractivity contribution in [1.82, 2.24) is 5.32 Å². The molecule has 1 atom stereocenters. The van der Waals surface area contributed by atoms with Crippen LogP contribution >= 0.6 is 0 Å². The summed E-state index contributed by atoms with van der Waals surface area (Å²) in [7, 11) is 0. The number of halogens is 2. The van der Waals surface area contributed by atoms with Crippen molar-refractivity contribution in [2.24, 2.45) is 0 Å². The van der Waals surface area contributed by atoms with Crippen LogP contribution in [0.2, 0.25) is 0 Å². The van der Waals surface area contributed by atoms with Crippen molar-refractivity contribution >= 4 is 0 Å². The van der Waals surface area contributed by atoms with Crippen LogP contribution in [0.4, 0.5) is 8.78 Å². The maximum Gasteiger partial charge on any atom is 0.126 e. The molecule has 1 nitrogen and oxygen atoms in total. The largest absolute Gasteiger partial charge is 0.307 e. The zero-order valence-corrected chi connectivity index (χ0v) is 8.06. The Bertz CT molecular complexity index is 303. The van der Waals surface area contributed by atoms with Crippen LogP contribution in [0.15, 0.2) is 30.9 Å². The predicted octanol–water partition coefficient (Wildman–Crippen LogP) is 2.80. The Morgan fingerprint density at radius 2 is 1.93 bits per heavy atom. The monoisotopic (exact) mass is 197 g/mol. The lowest BCUT2D eigenvalue weighted by Crippen LogP contribution is -2.18. The Labute approximate surface area is 82.4 Å². The van der Waals surface area contributed by atoms with E-state index < -0.39 is 11.6 Å². The molecule has 0 aliphatic rings. The van der Waals surface area contributed by atoms with Gasteiger partial charge in [0, 0.05) is 18.7 Å². The molecule has 1 rings (SSSR count). The maximum absolute atomic E-state index is 12.8. The van der Waals surface area contributed by atoms with Gasteiger partial charge in [-0.15, -0.1) is 6.58 Å². The van der Waals surface area contributed by atoms with E-state index in [-0.39, 0.29) is 6.04 Å². The number of hydrogen-bond donors (Lipinski definition) is 1. The van der Waals surface area contributed by atoms with Gasteiger partial charge in [-0.05, 0) is 24.6 Å². The molecule has 0 saturated heterocycles. The zero-order chi connectivity index (χ0) is 10.6. The molecule has 0 spiro atoms. The summed E-state index contributed by atoms with van der Waals surface area (Å²) in [5.74, 6) is -1.10. The van der Waals surface area contributed by atoms with Gasteiger partial charge in [0.1, 0.15) is 11.6 Å². The van der Waals surface area contributed by atoms with Crippen molar-refractivity contribution in [1.29, 1.82) is 0 Å². The van der Waals surface area contributed by atoms with E-state index in [4.69, 9.17) is 0 Å². The van der Waals surface area contributed by atoms with Gasteiger partial charge in [-0.3, -0.25) is 0 Å². The van der Waals surface area contributed by atoms with Crippen LogP contribution in [-0.2, 0) is 0 Å². The normalized spacial score (nSPS) is 12.5. The topological polar surface area (TPSA) is 12.0 Å². The molecule has 0 amide bonds. The maximum atomic E-state index is 12.8. The molecule has 3 heteroatoms. The Kier molecular flexibility index (Phi) is 3.77. The van der Waals surface area contributed by atoms with E-state index in [0.717, 1.165) is 6.07 Å². The first-order valence-corrected chi connectivity index (χ1v) is 4.43. The van der Waals surface area contributed by atoms with Crippen LogP contribution in [0.1, 0.15) is 18.5 Å². The van der Waals surface area contributed by atoms with Gasteiger partial charge >= 0.3 is 0 Å². The smallest absolute Gasteiger partial charge is 0.126 e. The molecular weight excluding hydrogens is 184 g/mol. The Morgan fingerprint density at radius 3 is 2.43 bits per heavy atom. The quantitative estimate of drug-likeness (QED) is 0.732. The molecule has 0 aliphatic heterocycles. The molecule has 0 bridgehead atoms. The van der Waals surface area contributed by atoms with Gasteiger partial charge < -0.3 is 5.32 Å². The van der Waals surface area contributed by atoms with Crippen molar-refractivity contribution in [3.05, 3.63) is 48.1 Å². The van der Waals surface area contributed by atoms with Crippen LogP contribution in [0.25, 0.3) is 0 Å². The van der Waals surface area contributed by atoms with Crippen LogP contribution in [0, 0.1) is 11.6 Å². The van der Waals surface area contributed by atoms with Gasteiger partial charge in [-0.2, -0.15) is 0 Å². The highest BCUT2D eigenvalue weighted by molar-refractivity contribution is 5.20. The highest BCUT2D eigenvalue weighted by Crippen LogP contribution is 2.15. The fourth-order valence-corrected chi connectivity index (χ4v) is 1.20. The summed E-state index contributed by atoms with van der Waals surface area (Å²) in [4.78, 5) is 0. The Balaban J connectivity index is 2.78. The first-order valence-electron chi connectivity index (χ1n) is 4.43. The average Bonchev–Trinajstić information content (AvgIpc) is 2.12. The minimum absolute atomic E-state index is 0.0850. The second-order valence-electron chi connectivity index (χ2n) is 3.12. The van der Waals surface area contributed by atoms with E-state index in [2.05, 4.69) is 11.9 Å². The molecule has 1 N–H and O–H groups in total. The van der Waals surface area contributed by atoms with Gasteiger partial charge in [-0.25, -0.2) is 8.78 Å². The van der Waals surface area contributed by atoms with Gasteiger partial charge in [0.05, 0.1) is 0 Å². The lowest BCUT2D eigenvalue weighted by molar-refractivity contribution is 0.560. The lowest BCUT2D eigenvalue weighted by atomic mass is 10.1. The van der Waals surface area contributed by atoms with E-state index in [0.29, 0.717) is 12.1 Å². The van der Waals surface area contributed by atoms with E-state index in [1.54, 1.807) is 6.08 Å². The van der Waals surface area contributed by atoms with Crippen LogP contribution in [0.3, 0.4) is 0 Å².